The average Bonchev–Trinajstić information content (AvgIpc) is 3.04. The van der Waals surface area contributed by atoms with Gasteiger partial charge in [-0.05, 0) is 62.8 Å². The number of esters is 1. The van der Waals surface area contributed by atoms with Gasteiger partial charge in [0.25, 0.3) is 0 Å². The number of anilines is 2. The lowest BCUT2D eigenvalue weighted by molar-refractivity contribution is -0.115. The van der Waals surface area contributed by atoms with Crippen LogP contribution in [0.25, 0.3) is 0 Å². The fourth-order valence-electron chi connectivity index (χ4n) is 3.58. The summed E-state index contributed by atoms with van der Waals surface area (Å²) in [5, 5.41) is 5.92. The quantitative estimate of drug-likeness (QED) is 0.442. The minimum Gasteiger partial charge on any atom is -0.462 e. The molecule has 2 aromatic rings. The molecule has 0 spiro atoms. The standard InChI is InChI=1S/C23H28N2O4S2/c1-5-29-23(28)20-18-10-9-13(2)11-19(18)31-22(20)25-21(27)14(3)30-17-8-6-7-16(12-17)24-15(4)26/h6-8,12-14H,5,9-11H2,1-4H3,(H,24,26)(H,25,27). The third-order valence-corrected chi connectivity index (χ3v) is 7.33. The van der Waals surface area contributed by atoms with Gasteiger partial charge in [0.1, 0.15) is 5.00 Å². The maximum Gasteiger partial charge on any atom is 0.341 e. The summed E-state index contributed by atoms with van der Waals surface area (Å²) in [4.78, 5) is 38.9. The van der Waals surface area contributed by atoms with Crippen LogP contribution in [-0.4, -0.2) is 29.6 Å². The number of fused-ring (bicyclic) bond motifs is 1. The Morgan fingerprint density at radius 2 is 2.06 bits per heavy atom. The van der Waals surface area contributed by atoms with Crippen molar-refractivity contribution in [3.63, 3.8) is 0 Å². The number of benzene rings is 1. The Balaban J connectivity index is 1.76. The Hall–Kier alpha value is -2.32. The summed E-state index contributed by atoms with van der Waals surface area (Å²) in [5.74, 6) is -0.120. The normalized spacial score (nSPS) is 16.2. The van der Waals surface area contributed by atoms with E-state index in [2.05, 4.69) is 17.6 Å². The summed E-state index contributed by atoms with van der Waals surface area (Å²) in [5.41, 5.74) is 2.24. The van der Waals surface area contributed by atoms with Crippen LogP contribution < -0.4 is 10.6 Å². The van der Waals surface area contributed by atoms with Gasteiger partial charge in [0.2, 0.25) is 11.8 Å². The molecule has 1 aliphatic carbocycles. The molecule has 0 fully saturated rings. The molecule has 1 aromatic heterocycles. The van der Waals surface area contributed by atoms with Crippen LogP contribution in [0.5, 0.6) is 0 Å². The van der Waals surface area contributed by atoms with Gasteiger partial charge in [-0.25, -0.2) is 4.79 Å². The van der Waals surface area contributed by atoms with Crippen LogP contribution in [0.2, 0.25) is 0 Å². The lowest BCUT2D eigenvalue weighted by atomic mass is 9.88. The third kappa shape index (κ3) is 5.89. The van der Waals surface area contributed by atoms with Gasteiger partial charge in [0.15, 0.2) is 0 Å². The van der Waals surface area contributed by atoms with Gasteiger partial charge in [-0.2, -0.15) is 0 Å². The molecule has 8 heteroatoms. The summed E-state index contributed by atoms with van der Waals surface area (Å²) < 4.78 is 5.28. The minimum absolute atomic E-state index is 0.143. The number of amides is 2. The molecule has 0 radical (unpaired) electrons. The predicted octanol–water partition coefficient (Wildman–Crippen LogP) is 5.13. The lowest BCUT2D eigenvalue weighted by Gasteiger charge is -2.18. The Bertz CT molecular complexity index is 986. The molecule has 0 aliphatic heterocycles. The van der Waals surface area contributed by atoms with Crippen molar-refractivity contribution in [3.05, 3.63) is 40.3 Å². The maximum absolute atomic E-state index is 12.9. The van der Waals surface area contributed by atoms with E-state index in [0.717, 1.165) is 29.7 Å². The number of thiophene rings is 1. The number of hydrogen-bond donors (Lipinski definition) is 2. The van der Waals surface area contributed by atoms with Gasteiger partial charge >= 0.3 is 5.97 Å². The van der Waals surface area contributed by atoms with Crippen LogP contribution in [0.4, 0.5) is 10.7 Å². The average molecular weight is 461 g/mol. The van der Waals surface area contributed by atoms with E-state index >= 15 is 0 Å². The van der Waals surface area contributed by atoms with Crippen molar-refractivity contribution in [2.45, 2.75) is 57.1 Å². The van der Waals surface area contributed by atoms with Gasteiger partial charge in [-0.1, -0.05) is 13.0 Å². The maximum atomic E-state index is 12.9. The molecule has 2 amide bonds. The summed E-state index contributed by atoms with van der Waals surface area (Å²) in [6, 6.07) is 7.38. The molecule has 0 saturated carbocycles. The molecule has 2 atom stereocenters. The van der Waals surface area contributed by atoms with E-state index in [-0.39, 0.29) is 23.0 Å². The lowest BCUT2D eigenvalue weighted by Crippen LogP contribution is -2.23. The smallest absolute Gasteiger partial charge is 0.341 e. The highest BCUT2D eigenvalue weighted by Crippen LogP contribution is 2.40. The molecule has 3 rings (SSSR count). The van der Waals surface area contributed by atoms with E-state index in [4.69, 9.17) is 4.74 Å². The zero-order valence-electron chi connectivity index (χ0n) is 18.2. The van der Waals surface area contributed by atoms with E-state index in [1.54, 1.807) is 13.0 Å². The van der Waals surface area contributed by atoms with Gasteiger partial charge in [0.05, 0.1) is 17.4 Å². The highest BCUT2D eigenvalue weighted by molar-refractivity contribution is 8.00. The largest absolute Gasteiger partial charge is 0.462 e. The summed E-state index contributed by atoms with van der Waals surface area (Å²) in [6.07, 6.45) is 2.78. The molecule has 0 saturated heterocycles. The predicted molar refractivity (Wildman–Crippen MR) is 126 cm³/mol. The second kappa shape index (κ2) is 10.3. The zero-order chi connectivity index (χ0) is 22.5. The highest BCUT2D eigenvalue weighted by atomic mass is 32.2. The molecular formula is C23H28N2O4S2. The van der Waals surface area contributed by atoms with Crippen LogP contribution in [0.15, 0.2) is 29.2 Å². The molecule has 6 nitrogen and oxygen atoms in total. The molecule has 1 aliphatic rings. The number of rotatable bonds is 7. The first-order valence-corrected chi connectivity index (χ1v) is 12.1. The third-order valence-electron chi connectivity index (χ3n) is 5.06. The molecule has 0 bridgehead atoms. The topological polar surface area (TPSA) is 84.5 Å². The number of hydrogen-bond acceptors (Lipinski definition) is 6. The van der Waals surface area contributed by atoms with Crippen LogP contribution >= 0.6 is 23.1 Å². The minimum atomic E-state index is -0.388. The van der Waals surface area contributed by atoms with Gasteiger partial charge in [-0.3, -0.25) is 9.59 Å². The number of carbonyl (C=O) groups excluding carboxylic acids is 3. The SMILES string of the molecule is CCOC(=O)c1c(NC(=O)C(C)Sc2cccc(NC(C)=O)c2)sc2c1CCC(C)C2. The van der Waals surface area contributed by atoms with Crippen LogP contribution in [0, 0.1) is 5.92 Å². The molecule has 31 heavy (non-hydrogen) atoms. The van der Waals surface area contributed by atoms with E-state index in [0.29, 0.717) is 28.8 Å². The monoisotopic (exact) mass is 460 g/mol. The zero-order valence-corrected chi connectivity index (χ0v) is 19.9. The van der Waals surface area contributed by atoms with Crippen molar-refractivity contribution in [2.24, 2.45) is 5.92 Å². The van der Waals surface area contributed by atoms with E-state index < -0.39 is 0 Å². The second-order valence-corrected chi connectivity index (χ2v) is 10.3. The second-order valence-electron chi connectivity index (χ2n) is 7.73. The van der Waals surface area contributed by atoms with E-state index in [1.807, 2.05) is 25.1 Å². The van der Waals surface area contributed by atoms with E-state index in [9.17, 15) is 14.4 Å². The Labute approximate surface area is 191 Å². The van der Waals surface area contributed by atoms with Crippen LogP contribution in [0.3, 0.4) is 0 Å². The molecular weight excluding hydrogens is 432 g/mol. The van der Waals surface area contributed by atoms with Crippen molar-refractivity contribution in [2.75, 3.05) is 17.2 Å². The fraction of sp³-hybridized carbons (Fsp3) is 0.435. The first-order chi connectivity index (χ1) is 14.8. The molecule has 1 heterocycles. The Morgan fingerprint density at radius 1 is 1.29 bits per heavy atom. The van der Waals surface area contributed by atoms with Gasteiger partial charge in [0, 0.05) is 22.4 Å². The number of carbonyl (C=O) groups is 3. The highest BCUT2D eigenvalue weighted by Gasteiger charge is 2.30. The molecule has 2 unspecified atom stereocenters. The van der Waals surface area contributed by atoms with Gasteiger partial charge in [-0.15, -0.1) is 23.1 Å². The van der Waals surface area contributed by atoms with Crippen molar-refractivity contribution >= 4 is 51.6 Å². The Kier molecular flexibility index (Phi) is 7.78. The fourth-order valence-corrected chi connectivity index (χ4v) is 5.91. The number of thioether (sulfide) groups is 1. The van der Waals surface area contributed by atoms with Crippen LogP contribution in [0.1, 0.15) is 54.9 Å². The molecule has 2 N–H and O–H groups in total. The Morgan fingerprint density at radius 3 is 2.77 bits per heavy atom. The van der Waals surface area contributed by atoms with Crippen molar-refractivity contribution in [1.29, 1.82) is 0 Å². The van der Waals surface area contributed by atoms with E-state index in [1.165, 1.54) is 34.9 Å². The first-order valence-electron chi connectivity index (χ1n) is 10.4. The summed E-state index contributed by atoms with van der Waals surface area (Å²) in [6.45, 7) is 7.57. The molecule has 1 aromatic carbocycles. The van der Waals surface area contributed by atoms with Crippen molar-refractivity contribution in [1.82, 2.24) is 0 Å². The first kappa shape index (κ1) is 23.3. The number of nitrogens with one attached hydrogen (secondary N) is 2. The summed E-state index contributed by atoms with van der Waals surface area (Å²) in [7, 11) is 0. The molecule has 166 valence electrons. The van der Waals surface area contributed by atoms with Crippen molar-refractivity contribution < 1.29 is 19.1 Å². The van der Waals surface area contributed by atoms with Crippen molar-refractivity contribution in [3.8, 4) is 0 Å². The van der Waals surface area contributed by atoms with Crippen LogP contribution in [-0.2, 0) is 27.2 Å². The summed E-state index contributed by atoms with van der Waals surface area (Å²) >= 11 is 2.89. The number of ether oxygens (including phenoxy) is 1. The van der Waals surface area contributed by atoms with Gasteiger partial charge < -0.3 is 15.4 Å².